The summed E-state index contributed by atoms with van der Waals surface area (Å²) in [5.74, 6) is 1.81. The van der Waals surface area contributed by atoms with Crippen LogP contribution in [-0.2, 0) is 22.6 Å². The van der Waals surface area contributed by atoms with Gasteiger partial charge in [0.05, 0.1) is 23.8 Å². The molecule has 4 aliphatic rings. The highest BCUT2D eigenvalue weighted by molar-refractivity contribution is 5.82. The first-order valence-corrected chi connectivity index (χ1v) is 10.7. The Labute approximate surface area is 164 Å². The molecule has 2 aliphatic carbocycles. The highest BCUT2D eigenvalue weighted by atomic mass is 16.2. The lowest BCUT2D eigenvalue weighted by Crippen LogP contribution is -2.43. The lowest BCUT2D eigenvalue weighted by Gasteiger charge is -2.36. The molecule has 0 radical (unpaired) electrons. The van der Waals surface area contributed by atoms with Gasteiger partial charge < -0.3 is 14.8 Å². The van der Waals surface area contributed by atoms with E-state index in [1.807, 2.05) is 9.80 Å². The highest BCUT2D eigenvalue weighted by Gasteiger charge is 2.44. The Balaban J connectivity index is 1.40. The van der Waals surface area contributed by atoms with E-state index in [9.17, 15) is 14.4 Å². The molecule has 5 rings (SSSR count). The van der Waals surface area contributed by atoms with Gasteiger partial charge in [-0.1, -0.05) is 6.92 Å². The van der Waals surface area contributed by atoms with E-state index >= 15 is 0 Å². The Morgan fingerprint density at radius 1 is 1.11 bits per heavy atom. The van der Waals surface area contributed by atoms with Crippen molar-refractivity contribution in [1.29, 1.82) is 0 Å². The largest absolute Gasteiger partial charge is 0.337 e. The van der Waals surface area contributed by atoms with Crippen molar-refractivity contribution in [2.45, 2.75) is 64.5 Å². The number of hydrogen-bond donors (Lipinski definition) is 1. The molecule has 1 aromatic heterocycles. The third-order valence-corrected chi connectivity index (χ3v) is 6.85. The summed E-state index contributed by atoms with van der Waals surface area (Å²) in [5.41, 5.74) is 1.27. The maximum atomic E-state index is 12.9. The molecule has 1 aromatic rings. The fraction of sp³-hybridized carbons (Fsp3) is 0.714. The number of aromatic nitrogens is 2. The molecule has 2 amide bonds. The third-order valence-electron chi connectivity index (χ3n) is 6.85. The Morgan fingerprint density at radius 3 is 2.61 bits per heavy atom. The minimum atomic E-state index is -0.147. The number of likely N-dealkylation sites (tertiary alicyclic amines) is 1. The van der Waals surface area contributed by atoms with Gasteiger partial charge >= 0.3 is 0 Å². The van der Waals surface area contributed by atoms with Gasteiger partial charge in [0, 0.05) is 31.3 Å². The van der Waals surface area contributed by atoms with E-state index < -0.39 is 0 Å². The fourth-order valence-electron chi connectivity index (χ4n) is 4.74. The number of nitrogens with zero attached hydrogens (tertiary/aromatic N) is 3. The molecule has 0 bridgehead atoms. The van der Waals surface area contributed by atoms with Crippen molar-refractivity contribution in [3.63, 3.8) is 0 Å². The first-order chi connectivity index (χ1) is 13.5. The molecule has 2 saturated carbocycles. The first-order valence-electron chi connectivity index (χ1n) is 10.7. The molecule has 1 N–H and O–H groups in total. The molecule has 3 heterocycles. The number of piperidine rings is 1. The molecule has 1 saturated heterocycles. The van der Waals surface area contributed by atoms with Gasteiger partial charge in [-0.05, 0) is 44.4 Å². The maximum Gasteiger partial charge on any atom is 0.256 e. The van der Waals surface area contributed by atoms with Crippen molar-refractivity contribution >= 4 is 11.8 Å². The molecular weight excluding hydrogens is 356 g/mol. The van der Waals surface area contributed by atoms with E-state index in [0.717, 1.165) is 50.8 Å². The summed E-state index contributed by atoms with van der Waals surface area (Å²) >= 11 is 0. The van der Waals surface area contributed by atoms with Crippen molar-refractivity contribution in [1.82, 2.24) is 19.8 Å². The average molecular weight is 384 g/mol. The minimum absolute atomic E-state index is 0.127. The smallest absolute Gasteiger partial charge is 0.256 e. The van der Waals surface area contributed by atoms with Gasteiger partial charge in [0.2, 0.25) is 11.8 Å². The van der Waals surface area contributed by atoms with E-state index in [4.69, 9.17) is 4.98 Å². The van der Waals surface area contributed by atoms with Crippen LogP contribution in [0.3, 0.4) is 0 Å². The summed E-state index contributed by atoms with van der Waals surface area (Å²) < 4.78 is 0. The predicted octanol–water partition coefficient (Wildman–Crippen LogP) is 1.77. The molecule has 2 aliphatic heterocycles. The monoisotopic (exact) mass is 384 g/mol. The minimum Gasteiger partial charge on any atom is -0.337 e. The van der Waals surface area contributed by atoms with Crippen LogP contribution in [-0.4, -0.2) is 44.7 Å². The van der Waals surface area contributed by atoms with Gasteiger partial charge in [0.1, 0.15) is 5.82 Å². The third kappa shape index (κ3) is 3.14. The van der Waals surface area contributed by atoms with Gasteiger partial charge in [-0.15, -0.1) is 0 Å². The standard InChI is InChI=1S/C21H28N4O3/c1-12-10-14(12)21(28)25-8-3-2-4-17(25)18-22-16-7-9-24(20(27)13-5-6-13)11-15(16)19(26)23-18/h12-14,17H,2-11H2,1H3,(H,22,23,26). The van der Waals surface area contributed by atoms with Crippen LogP contribution in [0.25, 0.3) is 0 Å². The normalized spacial score (nSPS) is 29.4. The molecular formula is C21H28N4O3. The average Bonchev–Trinajstić information content (AvgIpc) is 3.63. The van der Waals surface area contributed by atoms with E-state index in [-0.39, 0.29) is 35.3 Å². The van der Waals surface area contributed by atoms with Crippen LogP contribution in [0.2, 0.25) is 0 Å². The van der Waals surface area contributed by atoms with E-state index in [2.05, 4.69) is 11.9 Å². The Kier molecular flexibility index (Phi) is 4.29. The molecule has 3 unspecified atom stereocenters. The highest BCUT2D eigenvalue weighted by Crippen LogP contribution is 2.42. The van der Waals surface area contributed by atoms with Gasteiger partial charge in [-0.3, -0.25) is 14.4 Å². The van der Waals surface area contributed by atoms with E-state index in [0.29, 0.717) is 36.8 Å². The van der Waals surface area contributed by atoms with Gasteiger partial charge in [-0.25, -0.2) is 4.98 Å². The topological polar surface area (TPSA) is 86.4 Å². The molecule has 0 spiro atoms. The number of carbonyl (C=O) groups is 2. The van der Waals surface area contributed by atoms with E-state index in [1.165, 1.54) is 0 Å². The summed E-state index contributed by atoms with van der Waals surface area (Å²) in [6.45, 7) is 3.86. The lowest BCUT2D eigenvalue weighted by molar-refractivity contribution is -0.137. The second kappa shape index (κ2) is 6.71. The Bertz CT molecular complexity index is 875. The quantitative estimate of drug-likeness (QED) is 0.861. The number of hydrogen-bond acceptors (Lipinski definition) is 4. The number of amides is 2. The summed E-state index contributed by atoms with van der Waals surface area (Å²) in [6, 6.07) is -0.127. The Morgan fingerprint density at radius 2 is 1.89 bits per heavy atom. The van der Waals surface area contributed by atoms with Gasteiger partial charge in [-0.2, -0.15) is 0 Å². The number of nitrogens with one attached hydrogen (secondary N) is 1. The van der Waals surface area contributed by atoms with E-state index in [1.54, 1.807) is 0 Å². The molecule has 7 heteroatoms. The van der Waals surface area contributed by atoms with Crippen LogP contribution in [0, 0.1) is 17.8 Å². The van der Waals surface area contributed by atoms with Crippen LogP contribution in [0.1, 0.15) is 68.6 Å². The number of aromatic amines is 1. The number of H-pyrrole nitrogens is 1. The van der Waals surface area contributed by atoms with Crippen LogP contribution < -0.4 is 5.56 Å². The molecule has 150 valence electrons. The zero-order chi connectivity index (χ0) is 19.4. The zero-order valence-corrected chi connectivity index (χ0v) is 16.4. The second-order valence-corrected chi connectivity index (χ2v) is 9.02. The van der Waals surface area contributed by atoms with Crippen molar-refractivity contribution in [3.8, 4) is 0 Å². The summed E-state index contributed by atoms with van der Waals surface area (Å²) in [7, 11) is 0. The number of rotatable bonds is 3. The first kappa shape index (κ1) is 17.9. The maximum absolute atomic E-state index is 12.9. The number of fused-ring (bicyclic) bond motifs is 1. The van der Waals surface area contributed by atoms with Crippen LogP contribution >= 0.6 is 0 Å². The Hall–Kier alpha value is -2.18. The van der Waals surface area contributed by atoms with Gasteiger partial charge in [0.15, 0.2) is 0 Å². The number of carbonyl (C=O) groups excluding carboxylic acids is 2. The molecule has 3 atom stereocenters. The van der Waals surface area contributed by atoms with Crippen LogP contribution in [0.4, 0.5) is 0 Å². The summed E-state index contributed by atoms with van der Waals surface area (Å²) in [5, 5.41) is 0. The SMILES string of the molecule is CC1CC1C(=O)N1CCCCC1c1nc2c(c(=O)[nH]1)CN(C(=O)C1CC1)CC2. The lowest BCUT2D eigenvalue weighted by atomic mass is 9.99. The van der Waals surface area contributed by atoms with Crippen molar-refractivity contribution in [3.05, 3.63) is 27.4 Å². The fourth-order valence-corrected chi connectivity index (χ4v) is 4.74. The van der Waals surface area contributed by atoms with Gasteiger partial charge in [0.25, 0.3) is 5.56 Å². The van der Waals surface area contributed by atoms with Crippen molar-refractivity contribution in [2.75, 3.05) is 13.1 Å². The predicted molar refractivity (Wildman–Crippen MR) is 102 cm³/mol. The van der Waals surface area contributed by atoms with Crippen molar-refractivity contribution < 1.29 is 9.59 Å². The molecule has 28 heavy (non-hydrogen) atoms. The van der Waals surface area contributed by atoms with Crippen LogP contribution in [0.5, 0.6) is 0 Å². The zero-order valence-electron chi connectivity index (χ0n) is 16.4. The molecule has 0 aromatic carbocycles. The summed E-state index contributed by atoms with van der Waals surface area (Å²) in [6.07, 6.45) is 6.44. The van der Waals surface area contributed by atoms with Crippen molar-refractivity contribution in [2.24, 2.45) is 17.8 Å². The summed E-state index contributed by atoms with van der Waals surface area (Å²) in [4.78, 5) is 49.6. The molecule has 3 fully saturated rings. The second-order valence-electron chi connectivity index (χ2n) is 9.02. The molecule has 7 nitrogen and oxygen atoms in total. The van der Waals surface area contributed by atoms with Crippen LogP contribution in [0.15, 0.2) is 4.79 Å².